The van der Waals surface area contributed by atoms with E-state index in [1.165, 1.54) is 13.2 Å². The van der Waals surface area contributed by atoms with E-state index >= 15 is 0 Å². The third-order valence-corrected chi connectivity index (χ3v) is 3.09. The second kappa shape index (κ2) is 4.12. The highest BCUT2D eigenvalue weighted by Gasteiger charge is 2.28. The topological polar surface area (TPSA) is 46.5 Å². The molecule has 0 saturated heterocycles. The fourth-order valence-electron chi connectivity index (χ4n) is 2.21. The van der Waals surface area contributed by atoms with E-state index in [1.807, 2.05) is 0 Å². The van der Waals surface area contributed by atoms with Crippen LogP contribution in [0.15, 0.2) is 12.1 Å². The zero-order valence-electron chi connectivity index (χ0n) is 9.00. The van der Waals surface area contributed by atoms with E-state index in [0.29, 0.717) is 24.2 Å². The lowest BCUT2D eigenvalue weighted by molar-refractivity contribution is -0.142. The van der Waals surface area contributed by atoms with Gasteiger partial charge in [-0.2, -0.15) is 0 Å². The van der Waals surface area contributed by atoms with Crippen molar-refractivity contribution in [3.05, 3.63) is 29.1 Å². The summed E-state index contributed by atoms with van der Waals surface area (Å²) in [6, 6.07) is 2.93. The Morgan fingerprint density at radius 2 is 2.25 bits per heavy atom. The van der Waals surface area contributed by atoms with Crippen LogP contribution >= 0.6 is 0 Å². The zero-order chi connectivity index (χ0) is 11.7. The number of halogens is 1. The highest BCUT2D eigenvalue weighted by atomic mass is 19.1. The molecule has 0 saturated carbocycles. The predicted molar refractivity (Wildman–Crippen MR) is 56.1 cm³/mol. The number of carbonyl (C=O) groups is 1. The SMILES string of the molecule is COc1ccc(F)c2c1CCC(C(=O)O)C2. The Labute approximate surface area is 92.9 Å². The molecule has 1 aromatic rings. The first kappa shape index (κ1) is 10.9. The maximum Gasteiger partial charge on any atom is 0.306 e. The molecule has 86 valence electrons. The lowest BCUT2D eigenvalue weighted by atomic mass is 9.83. The van der Waals surface area contributed by atoms with E-state index in [9.17, 15) is 9.18 Å². The number of hydrogen-bond donors (Lipinski definition) is 1. The smallest absolute Gasteiger partial charge is 0.306 e. The minimum absolute atomic E-state index is 0.258. The van der Waals surface area contributed by atoms with Crippen molar-refractivity contribution in [3.8, 4) is 5.75 Å². The number of fused-ring (bicyclic) bond motifs is 1. The third-order valence-electron chi connectivity index (χ3n) is 3.09. The Bertz CT molecular complexity index is 429. The van der Waals surface area contributed by atoms with Gasteiger partial charge in [-0.1, -0.05) is 0 Å². The van der Waals surface area contributed by atoms with Gasteiger partial charge in [-0.25, -0.2) is 4.39 Å². The molecule has 0 fully saturated rings. The van der Waals surface area contributed by atoms with Crippen molar-refractivity contribution in [1.82, 2.24) is 0 Å². The van der Waals surface area contributed by atoms with Crippen LogP contribution in [0, 0.1) is 11.7 Å². The van der Waals surface area contributed by atoms with Gasteiger partial charge in [0, 0.05) is 5.56 Å². The fourth-order valence-corrected chi connectivity index (χ4v) is 2.21. The highest BCUT2D eigenvalue weighted by Crippen LogP contribution is 2.33. The first-order valence-corrected chi connectivity index (χ1v) is 5.20. The molecule has 3 nitrogen and oxygen atoms in total. The van der Waals surface area contributed by atoms with Crippen LogP contribution in [-0.2, 0) is 17.6 Å². The van der Waals surface area contributed by atoms with Crippen LogP contribution in [0.2, 0.25) is 0 Å². The summed E-state index contributed by atoms with van der Waals surface area (Å²) in [6.07, 6.45) is 1.36. The van der Waals surface area contributed by atoms with Crippen LogP contribution in [0.25, 0.3) is 0 Å². The van der Waals surface area contributed by atoms with E-state index < -0.39 is 11.9 Å². The maximum absolute atomic E-state index is 13.6. The number of carboxylic acids is 1. The molecule has 1 aliphatic rings. The average molecular weight is 224 g/mol. The number of aliphatic carboxylic acids is 1. The molecule has 1 atom stereocenters. The number of ether oxygens (including phenoxy) is 1. The number of carboxylic acid groups (broad SMARTS) is 1. The summed E-state index contributed by atoms with van der Waals surface area (Å²) in [5, 5.41) is 8.93. The van der Waals surface area contributed by atoms with E-state index in [2.05, 4.69) is 0 Å². The fraction of sp³-hybridized carbons (Fsp3) is 0.417. The van der Waals surface area contributed by atoms with Gasteiger partial charge in [0.2, 0.25) is 0 Å². The van der Waals surface area contributed by atoms with Crippen LogP contribution in [-0.4, -0.2) is 18.2 Å². The summed E-state index contributed by atoms with van der Waals surface area (Å²) in [5.41, 5.74) is 1.32. The van der Waals surface area contributed by atoms with E-state index in [4.69, 9.17) is 9.84 Å². The number of rotatable bonds is 2. The van der Waals surface area contributed by atoms with E-state index in [1.54, 1.807) is 6.07 Å². The molecule has 0 heterocycles. The summed E-state index contributed by atoms with van der Waals surface area (Å²) in [7, 11) is 1.54. The number of benzene rings is 1. The van der Waals surface area contributed by atoms with Gasteiger partial charge < -0.3 is 9.84 Å². The molecule has 1 aliphatic carbocycles. The van der Waals surface area contributed by atoms with Gasteiger partial charge in [-0.05, 0) is 37.0 Å². The van der Waals surface area contributed by atoms with E-state index in [0.717, 1.165) is 5.56 Å². The molecule has 0 spiro atoms. The predicted octanol–water partition coefficient (Wildman–Crippen LogP) is 2.02. The molecule has 0 bridgehead atoms. The summed E-state index contributed by atoms with van der Waals surface area (Å²) in [4.78, 5) is 10.9. The lowest BCUT2D eigenvalue weighted by Gasteiger charge is -2.23. The van der Waals surface area contributed by atoms with Crippen molar-refractivity contribution >= 4 is 5.97 Å². The summed E-state index contributed by atoms with van der Waals surface area (Å²) in [5.74, 6) is -1.01. The van der Waals surface area contributed by atoms with Crippen LogP contribution in [0.4, 0.5) is 4.39 Å². The first-order chi connectivity index (χ1) is 7.63. The van der Waals surface area contributed by atoms with Gasteiger partial charge in [-0.15, -0.1) is 0 Å². The molecule has 0 radical (unpaired) electrons. The Hall–Kier alpha value is -1.58. The monoisotopic (exact) mass is 224 g/mol. The van der Waals surface area contributed by atoms with Gasteiger partial charge >= 0.3 is 5.97 Å². The minimum atomic E-state index is -0.854. The largest absolute Gasteiger partial charge is 0.496 e. The quantitative estimate of drug-likeness (QED) is 0.836. The first-order valence-electron chi connectivity index (χ1n) is 5.20. The normalized spacial score (nSPS) is 19.0. The standard InChI is InChI=1S/C12H13FO3/c1-16-11-5-4-10(13)9-6-7(12(14)15)2-3-8(9)11/h4-5,7H,2-3,6H2,1H3,(H,14,15). The average Bonchev–Trinajstić information content (AvgIpc) is 2.29. The van der Waals surface area contributed by atoms with Gasteiger partial charge in [0.05, 0.1) is 13.0 Å². The van der Waals surface area contributed by atoms with Crippen molar-refractivity contribution in [2.45, 2.75) is 19.3 Å². The van der Waals surface area contributed by atoms with Gasteiger partial charge in [-0.3, -0.25) is 4.79 Å². The van der Waals surface area contributed by atoms with Crippen molar-refractivity contribution in [3.63, 3.8) is 0 Å². The lowest BCUT2D eigenvalue weighted by Crippen LogP contribution is -2.23. The van der Waals surface area contributed by atoms with Crippen LogP contribution < -0.4 is 4.74 Å². The molecule has 0 aromatic heterocycles. The number of methoxy groups -OCH3 is 1. The molecule has 4 heteroatoms. The molecular weight excluding hydrogens is 211 g/mol. The van der Waals surface area contributed by atoms with Gasteiger partial charge in [0.1, 0.15) is 11.6 Å². The summed E-state index contributed by atoms with van der Waals surface area (Å²) < 4.78 is 18.7. The second-order valence-electron chi connectivity index (χ2n) is 3.98. The molecule has 1 aromatic carbocycles. The molecule has 1 N–H and O–H groups in total. The van der Waals surface area contributed by atoms with Crippen LogP contribution in [0.5, 0.6) is 5.75 Å². The van der Waals surface area contributed by atoms with Crippen molar-refractivity contribution in [2.24, 2.45) is 5.92 Å². The third kappa shape index (κ3) is 1.75. The molecule has 0 amide bonds. The van der Waals surface area contributed by atoms with Gasteiger partial charge in [0.15, 0.2) is 0 Å². The number of hydrogen-bond acceptors (Lipinski definition) is 2. The van der Waals surface area contributed by atoms with Crippen molar-refractivity contribution in [2.75, 3.05) is 7.11 Å². The molecule has 2 rings (SSSR count). The maximum atomic E-state index is 13.6. The minimum Gasteiger partial charge on any atom is -0.496 e. The summed E-state index contributed by atoms with van der Waals surface area (Å²) >= 11 is 0. The van der Waals surface area contributed by atoms with Crippen LogP contribution in [0.1, 0.15) is 17.5 Å². The van der Waals surface area contributed by atoms with Crippen molar-refractivity contribution < 1.29 is 19.0 Å². The molecule has 0 aliphatic heterocycles. The summed E-state index contributed by atoms with van der Waals surface area (Å²) in [6.45, 7) is 0. The molecular formula is C12H13FO3. The molecule has 16 heavy (non-hydrogen) atoms. The Balaban J connectivity index is 2.41. The van der Waals surface area contributed by atoms with Gasteiger partial charge in [0.25, 0.3) is 0 Å². The molecule has 1 unspecified atom stereocenters. The highest BCUT2D eigenvalue weighted by molar-refractivity contribution is 5.71. The Morgan fingerprint density at radius 1 is 1.50 bits per heavy atom. The Kier molecular flexibility index (Phi) is 2.81. The van der Waals surface area contributed by atoms with Crippen molar-refractivity contribution in [1.29, 1.82) is 0 Å². The Morgan fingerprint density at radius 3 is 2.88 bits per heavy atom. The second-order valence-corrected chi connectivity index (χ2v) is 3.98. The van der Waals surface area contributed by atoms with Crippen LogP contribution in [0.3, 0.4) is 0 Å². The zero-order valence-corrected chi connectivity index (χ0v) is 9.00. The van der Waals surface area contributed by atoms with E-state index in [-0.39, 0.29) is 12.2 Å².